The van der Waals surface area contributed by atoms with Gasteiger partial charge in [-0.05, 0) is 62.4 Å². The van der Waals surface area contributed by atoms with Crippen molar-refractivity contribution in [1.82, 2.24) is 10.3 Å². The molecule has 1 aromatic carbocycles. The summed E-state index contributed by atoms with van der Waals surface area (Å²) in [6.45, 7) is 3.32. The second-order valence-electron chi connectivity index (χ2n) is 8.99. The lowest BCUT2D eigenvalue weighted by molar-refractivity contribution is -0.133. The van der Waals surface area contributed by atoms with Crippen LogP contribution in [0.5, 0.6) is 5.75 Å². The molecule has 1 aromatic heterocycles. The highest BCUT2D eigenvalue weighted by Gasteiger charge is 2.51. The van der Waals surface area contributed by atoms with Gasteiger partial charge in [-0.3, -0.25) is 4.79 Å². The number of anilines is 1. The molecular formula is C24H29N3O3. The van der Waals surface area contributed by atoms with Crippen LogP contribution >= 0.6 is 0 Å². The number of nitrogens with one attached hydrogen (secondary N) is 1. The zero-order valence-electron chi connectivity index (χ0n) is 17.6. The first-order valence-electron chi connectivity index (χ1n) is 10.8. The molecule has 3 saturated heterocycles. The van der Waals surface area contributed by atoms with E-state index < -0.39 is 5.41 Å². The van der Waals surface area contributed by atoms with E-state index in [0.29, 0.717) is 25.6 Å². The van der Waals surface area contributed by atoms with Crippen LogP contribution in [-0.4, -0.2) is 49.3 Å². The zero-order valence-corrected chi connectivity index (χ0v) is 17.6. The third-order valence-corrected chi connectivity index (χ3v) is 6.77. The fourth-order valence-corrected chi connectivity index (χ4v) is 5.17. The van der Waals surface area contributed by atoms with Crippen molar-refractivity contribution >= 4 is 11.7 Å². The van der Waals surface area contributed by atoms with E-state index in [1.54, 1.807) is 7.11 Å². The average Bonchev–Trinajstić information content (AvgIpc) is 3.33. The van der Waals surface area contributed by atoms with Crippen LogP contribution in [0, 0.1) is 12.3 Å². The van der Waals surface area contributed by atoms with Gasteiger partial charge in [0.2, 0.25) is 5.91 Å². The first kappa shape index (κ1) is 19.4. The number of benzene rings is 1. The lowest BCUT2D eigenvalue weighted by Crippen LogP contribution is -2.66. The van der Waals surface area contributed by atoms with Gasteiger partial charge in [-0.1, -0.05) is 18.2 Å². The summed E-state index contributed by atoms with van der Waals surface area (Å²) in [4.78, 5) is 20.4. The number of carbonyl (C=O) groups excluding carboxylic acids is 1. The molecule has 2 aromatic rings. The van der Waals surface area contributed by atoms with Gasteiger partial charge in [-0.2, -0.15) is 0 Å². The molecule has 2 bridgehead atoms. The van der Waals surface area contributed by atoms with Crippen LogP contribution in [0.4, 0.5) is 5.82 Å². The largest absolute Gasteiger partial charge is 0.497 e. The smallest absolute Gasteiger partial charge is 0.230 e. The highest BCUT2D eigenvalue weighted by molar-refractivity contribution is 5.87. The van der Waals surface area contributed by atoms with Crippen molar-refractivity contribution in [2.75, 3.05) is 25.1 Å². The third-order valence-electron chi connectivity index (χ3n) is 6.77. The molecule has 0 saturated carbocycles. The van der Waals surface area contributed by atoms with Gasteiger partial charge in [0.15, 0.2) is 0 Å². The number of aryl methyl sites for hydroxylation is 1. The number of ether oxygens (including phenoxy) is 2. The molecule has 1 amide bonds. The summed E-state index contributed by atoms with van der Waals surface area (Å²) in [6.07, 6.45) is 4.30. The summed E-state index contributed by atoms with van der Waals surface area (Å²) >= 11 is 0. The number of carbonyl (C=O) groups is 1. The molecule has 3 aliphatic rings. The Morgan fingerprint density at radius 3 is 2.80 bits per heavy atom. The fourth-order valence-electron chi connectivity index (χ4n) is 5.17. The maximum absolute atomic E-state index is 13.5. The minimum Gasteiger partial charge on any atom is -0.497 e. The van der Waals surface area contributed by atoms with E-state index in [9.17, 15) is 4.79 Å². The number of methoxy groups -OCH3 is 1. The normalized spacial score (nSPS) is 26.3. The van der Waals surface area contributed by atoms with E-state index in [0.717, 1.165) is 42.1 Å². The number of aromatic nitrogens is 1. The van der Waals surface area contributed by atoms with Crippen molar-refractivity contribution in [3.05, 3.63) is 53.7 Å². The topological polar surface area (TPSA) is 63.7 Å². The molecule has 0 unspecified atom stereocenters. The van der Waals surface area contributed by atoms with Crippen molar-refractivity contribution in [2.45, 2.75) is 50.9 Å². The molecule has 0 aliphatic carbocycles. The summed E-state index contributed by atoms with van der Waals surface area (Å²) < 4.78 is 11.3. The lowest BCUT2D eigenvalue weighted by Gasteiger charge is -2.50. The predicted molar refractivity (Wildman–Crippen MR) is 115 cm³/mol. The van der Waals surface area contributed by atoms with Gasteiger partial charge < -0.3 is 19.7 Å². The second-order valence-corrected chi connectivity index (χ2v) is 8.99. The van der Waals surface area contributed by atoms with Crippen LogP contribution in [0.25, 0.3) is 0 Å². The third kappa shape index (κ3) is 3.54. The SMILES string of the molecule is COc1cccc(CC2(C(=O)N[C@@H]3C[C@@H]4CC[C@H]3O4)CN(c3cccc(C)n3)C2)c1. The van der Waals surface area contributed by atoms with E-state index >= 15 is 0 Å². The molecule has 0 spiro atoms. The molecule has 5 rings (SSSR count). The molecule has 6 nitrogen and oxygen atoms in total. The highest BCUT2D eigenvalue weighted by Crippen LogP contribution is 2.40. The van der Waals surface area contributed by atoms with Gasteiger partial charge in [0.1, 0.15) is 11.6 Å². The average molecular weight is 408 g/mol. The van der Waals surface area contributed by atoms with Gasteiger partial charge in [0.25, 0.3) is 0 Å². The van der Waals surface area contributed by atoms with Gasteiger partial charge >= 0.3 is 0 Å². The Labute approximate surface area is 177 Å². The Kier molecular flexibility index (Phi) is 4.89. The molecule has 6 heteroatoms. The molecule has 30 heavy (non-hydrogen) atoms. The van der Waals surface area contributed by atoms with Crippen LogP contribution in [-0.2, 0) is 16.0 Å². The molecular weight excluding hydrogens is 378 g/mol. The Morgan fingerprint density at radius 1 is 1.27 bits per heavy atom. The van der Waals surface area contributed by atoms with Crippen LogP contribution in [0.3, 0.4) is 0 Å². The van der Waals surface area contributed by atoms with E-state index in [2.05, 4.69) is 21.3 Å². The summed E-state index contributed by atoms with van der Waals surface area (Å²) in [5.74, 6) is 1.89. The van der Waals surface area contributed by atoms with Crippen LogP contribution < -0.4 is 15.0 Å². The number of hydrogen-bond acceptors (Lipinski definition) is 5. The van der Waals surface area contributed by atoms with Crippen molar-refractivity contribution in [2.24, 2.45) is 5.41 Å². The lowest BCUT2D eigenvalue weighted by atomic mass is 9.73. The van der Waals surface area contributed by atoms with Gasteiger partial charge in [0, 0.05) is 18.8 Å². The zero-order chi connectivity index (χ0) is 20.7. The maximum atomic E-state index is 13.5. The van der Waals surface area contributed by atoms with E-state index in [1.165, 1.54) is 0 Å². The van der Waals surface area contributed by atoms with Crippen molar-refractivity contribution in [1.29, 1.82) is 0 Å². The number of amides is 1. The van der Waals surface area contributed by atoms with E-state index in [-0.39, 0.29) is 18.1 Å². The van der Waals surface area contributed by atoms with Gasteiger partial charge in [-0.25, -0.2) is 4.98 Å². The fraction of sp³-hybridized carbons (Fsp3) is 0.500. The Bertz CT molecular complexity index is 941. The van der Waals surface area contributed by atoms with Gasteiger partial charge in [0.05, 0.1) is 30.8 Å². The van der Waals surface area contributed by atoms with Crippen LogP contribution in [0.15, 0.2) is 42.5 Å². The number of hydrogen-bond donors (Lipinski definition) is 1. The monoisotopic (exact) mass is 407 g/mol. The summed E-state index contributed by atoms with van der Waals surface area (Å²) in [5, 5.41) is 3.34. The Morgan fingerprint density at radius 2 is 2.10 bits per heavy atom. The highest BCUT2D eigenvalue weighted by atomic mass is 16.5. The number of nitrogens with zero attached hydrogens (tertiary/aromatic N) is 2. The van der Waals surface area contributed by atoms with Crippen molar-refractivity contribution < 1.29 is 14.3 Å². The Balaban J connectivity index is 1.36. The maximum Gasteiger partial charge on any atom is 0.230 e. The minimum absolute atomic E-state index is 0.135. The standard InChI is InChI=1S/C24H29N3O3/c1-16-5-3-8-22(25-16)27-14-24(15-27,13-17-6-4-7-18(11-17)29-2)23(28)26-20-12-19-9-10-21(20)30-19/h3-8,11,19-21H,9-10,12-15H2,1-2H3,(H,26,28)/t19-,20+,21+/m0/s1. The van der Waals surface area contributed by atoms with E-state index in [4.69, 9.17) is 9.47 Å². The molecule has 158 valence electrons. The van der Waals surface area contributed by atoms with Crippen molar-refractivity contribution in [3.8, 4) is 5.75 Å². The predicted octanol–water partition coefficient (Wildman–Crippen LogP) is 2.88. The van der Waals surface area contributed by atoms with E-state index in [1.807, 2.05) is 43.3 Å². The second kappa shape index (κ2) is 7.58. The number of rotatable bonds is 6. The molecule has 3 fully saturated rings. The summed E-state index contributed by atoms with van der Waals surface area (Å²) in [7, 11) is 1.67. The quantitative estimate of drug-likeness (QED) is 0.798. The first-order chi connectivity index (χ1) is 14.5. The molecule has 3 atom stereocenters. The molecule has 3 aliphatic heterocycles. The number of fused-ring (bicyclic) bond motifs is 2. The Hall–Kier alpha value is -2.60. The summed E-state index contributed by atoms with van der Waals surface area (Å²) in [6, 6.07) is 14.2. The van der Waals surface area contributed by atoms with Gasteiger partial charge in [-0.15, -0.1) is 0 Å². The van der Waals surface area contributed by atoms with Crippen LogP contribution in [0.1, 0.15) is 30.5 Å². The summed E-state index contributed by atoms with van der Waals surface area (Å²) in [5.41, 5.74) is 1.63. The minimum atomic E-state index is -0.473. The molecule has 1 N–H and O–H groups in total. The van der Waals surface area contributed by atoms with Crippen molar-refractivity contribution in [3.63, 3.8) is 0 Å². The van der Waals surface area contributed by atoms with Crippen LogP contribution in [0.2, 0.25) is 0 Å². The first-order valence-corrected chi connectivity index (χ1v) is 10.8. The molecule has 0 radical (unpaired) electrons. The number of pyridine rings is 1. The molecule has 4 heterocycles.